The number of nitrogens with two attached hydrogens (primary N) is 2. The fourth-order valence-corrected chi connectivity index (χ4v) is 4.74. The summed E-state index contributed by atoms with van der Waals surface area (Å²) in [7, 11) is 5.42. The van der Waals surface area contributed by atoms with Gasteiger partial charge in [0.25, 0.3) is 5.91 Å². The number of halogens is 4. The predicted molar refractivity (Wildman–Crippen MR) is 175 cm³/mol. The minimum atomic E-state index is -4.62. The molecule has 0 bridgehead atoms. The number of nitrogen functional groups attached to an aromatic ring is 1. The Morgan fingerprint density at radius 3 is 2.54 bits per heavy atom. The first-order chi connectivity index (χ1) is 21.7. The van der Waals surface area contributed by atoms with Crippen LogP contribution in [0, 0.1) is 6.92 Å². The average Bonchev–Trinajstić information content (AvgIpc) is 3.43. The Morgan fingerprint density at radius 2 is 1.91 bits per heavy atom. The zero-order valence-corrected chi connectivity index (χ0v) is 26.1. The highest BCUT2D eigenvalue weighted by Crippen LogP contribution is 2.35. The van der Waals surface area contributed by atoms with Crippen LogP contribution < -0.4 is 31.9 Å². The van der Waals surface area contributed by atoms with Gasteiger partial charge < -0.3 is 36.8 Å². The molecule has 15 heteroatoms. The van der Waals surface area contributed by atoms with Crippen molar-refractivity contribution in [3.63, 3.8) is 0 Å². The predicted octanol–water partition coefficient (Wildman–Crippen LogP) is 4.78. The van der Waals surface area contributed by atoms with Crippen LogP contribution in [-0.2, 0) is 6.18 Å². The van der Waals surface area contributed by atoms with E-state index in [0.29, 0.717) is 43.0 Å². The Hall–Kier alpha value is -4.92. The van der Waals surface area contributed by atoms with E-state index in [1.54, 1.807) is 29.8 Å². The second-order valence-electron chi connectivity index (χ2n) is 11.3. The molecule has 0 radical (unpaired) electrons. The number of rotatable bonds is 11. The summed E-state index contributed by atoms with van der Waals surface area (Å²) in [6.45, 7) is 7.01. The summed E-state index contributed by atoms with van der Waals surface area (Å²) in [5.74, 6) is -0.468. The molecule has 246 valence electrons. The van der Waals surface area contributed by atoms with Gasteiger partial charge in [-0.3, -0.25) is 4.79 Å². The average molecular weight is 643 g/mol. The second kappa shape index (κ2) is 14.0. The summed E-state index contributed by atoms with van der Waals surface area (Å²) in [4.78, 5) is 31.9. The van der Waals surface area contributed by atoms with Crippen LogP contribution in [0.5, 0.6) is 0 Å². The molecule has 46 heavy (non-hydrogen) atoms. The molecule has 3 aromatic rings. The first-order valence-electron chi connectivity index (χ1n) is 14.4. The van der Waals surface area contributed by atoms with Crippen LogP contribution in [0.1, 0.15) is 33.6 Å². The lowest BCUT2D eigenvalue weighted by molar-refractivity contribution is -0.137. The Morgan fingerprint density at radius 1 is 1.17 bits per heavy atom. The number of alkyl halides is 4. The Bertz CT molecular complexity index is 1630. The van der Waals surface area contributed by atoms with Gasteiger partial charge in [-0.15, -0.1) is 0 Å². The summed E-state index contributed by atoms with van der Waals surface area (Å²) in [5, 5.41) is 5.45. The third kappa shape index (κ3) is 8.21. The number of aryl methyl sites for hydroxylation is 1. The molecule has 2 aromatic carbocycles. The van der Waals surface area contributed by atoms with Gasteiger partial charge in [0.05, 0.1) is 17.8 Å². The number of aromatic nitrogens is 2. The number of amidine groups is 1. The van der Waals surface area contributed by atoms with Crippen molar-refractivity contribution in [1.82, 2.24) is 14.9 Å². The summed E-state index contributed by atoms with van der Waals surface area (Å²) in [6, 6.07) is 8.07. The van der Waals surface area contributed by atoms with Crippen LogP contribution in [0.15, 0.2) is 54.2 Å². The summed E-state index contributed by atoms with van der Waals surface area (Å²) < 4.78 is 55.2. The Kier molecular flexibility index (Phi) is 10.4. The standard InChI is InChI=1S/C31H38F4N10O/c1-6-38-25-26(41-30(42-27(25)36)45-10-9-21(32)17-45)28(37)40-24-13-19(8-7-18(24)2)29(46)39-22-14-20(31(33,34)35)15-23(16-22)44(5)12-11-43(3)4/h6-8,13-16,21,38H,1,9-12,17H2,2-5H3,(H2,37,40)(H,39,46)(H2,36,41,42)/t21-/m0/s1. The van der Waals surface area contributed by atoms with E-state index >= 15 is 0 Å². The van der Waals surface area contributed by atoms with Gasteiger partial charge in [0.1, 0.15) is 17.6 Å². The van der Waals surface area contributed by atoms with E-state index < -0.39 is 23.8 Å². The van der Waals surface area contributed by atoms with Gasteiger partial charge in [-0.05, 0) is 69.5 Å². The van der Waals surface area contributed by atoms with E-state index in [-0.39, 0.29) is 46.8 Å². The van der Waals surface area contributed by atoms with E-state index in [1.165, 1.54) is 24.4 Å². The van der Waals surface area contributed by atoms with Crippen LogP contribution in [0.4, 0.5) is 52.1 Å². The molecule has 2 heterocycles. The lowest BCUT2D eigenvalue weighted by Gasteiger charge is -2.23. The molecule has 4 rings (SSSR count). The smallest absolute Gasteiger partial charge is 0.382 e. The number of anilines is 5. The van der Waals surface area contributed by atoms with E-state index in [9.17, 15) is 22.4 Å². The normalized spacial score (nSPS) is 15.3. The van der Waals surface area contributed by atoms with Gasteiger partial charge >= 0.3 is 6.18 Å². The van der Waals surface area contributed by atoms with Gasteiger partial charge in [-0.1, -0.05) is 12.6 Å². The molecule has 1 fully saturated rings. The number of likely N-dealkylation sites (N-methyl/N-ethyl adjacent to an activating group) is 2. The molecule has 1 aliphatic heterocycles. The van der Waals surface area contributed by atoms with Gasteiger partial charge in [-0.2, -0.15) is 18.2 Å². The number of hydrogen-bond acceptors (Lipinski definition) is 9. The molecule has 0 spiro atoms. The van der Waals surface area contributed by atoms with E-state index in [0.717, 1.165) is 12.1 Å². The number of carbonyl (C=O) groups is 1. The Balaban J connectivity index is 1.66. The molecular weight excluding hydrogens is 604 g/mol. The van der Waals surface area contributed by atoms with Crippen molar-refractivity contribution >= 4 is 46.3 Å². The van der Waals surface area contributed by atoms with E-state index in [1.807, 2.05) is 19.0 Å². The van der Waals surface area contributed by atoms with Crippen molar-refractivity contribution < 1.29 is 22.4 Å². The highest BCUT2D eigenvalue weighted by molar-refractivity contribution is 6.06. The molecule has 1 aromatic heterocycles. The number of benzene rings is 2. The molecule has 1 saturated heterocycles. The minimum absolute atomic E-state index is 0.0155. The molecular formula is C31H38F4N10O. The molecule has 1 atom stereocenters. The number of hydrogen-bond donors (Lipinski definition) is 4. The van der Waals surface area contributed by atoms with Crippen LogP contribution >= 0.6 is 0 Å². The highest BCUT2D eigenvalue weighted by atomic mass is 19.4. The van der Waals surface area contributed by atoms with Gasteiger partial charge in [0, 0.05) is 43.6 Å². The third-order valence-corrected chi connectivity index (χ3v) is 7.37. The third-order valence-electron chi connectivity index (χ3n) is 7.37. The van der Waals surface area contributed by atoms with Crippen LogP contribution in [0.2, 0.25) is 0 Å². The summed E-state index contributed by atoms with van der Waals surface area (Å²) in [6.07, 6.45) is -3.94. The number of amides is 1. The maximum absolute atomic E-state index is 13.9. The van der Waals surface area contributed by atoms with Crippen molar-refractivity contribution in [2.45, 2.75) is 25.7 Å². The minimum Gasteiger partial charge on any atom is -0.382 e. The van der Waals surface area contributed by atoms with Gasteiger partial charge in [-0.25, -0.2) is 14.4 Å². The van der Waals surface area contributed by atoms with Crippen LogP contribution in [0.25, 0.3) is 0 Å². The van der Waals surface area contributed by atoms with E-state index in [2.05, 4.69) is 32.2 Å². The number of carbonyl (C=O) groups excluding carboxylic acids is 1. The number of nitrogens with one attached hydrogen (secondary N) is 2. The first kappa shape index (κ1) is 34.0. The van der Waals surface area contributed by atoms with Crippen molar-refractivity contribution in [2.75, 3.05) is 73.5 Å². The lowest BCUT2D eigenvalue weighted by atomic mass is 10.1. The molecule has 0 saturated carbocycles. The first-order valence-corrected chi connectivity index (χ1v) is 14.4. The Labute approximate surface area is 265 Å². The maximum atomic E-state index is 13.9. The second-order valence-corrected chi connectivity index (χ2v) is 11.3. The fourth-order valence-electron chi connectivity index (χ4n) is 4.74. The largest absolute Gasteiger partial charge is 0.416 e. The van der Waals surface area contributed by atoms with Gasteiger partial charge in [0.2, 0.25) is 5.95 Å². The molecule has 6 N–H and O–H groups in total. The number of aliphatic imine (C=N–C) groups is 1. The van der Waals surface area contributed by atoms with Crippen molar-refractivity contribution in [1.29, 1.82) is 0 Å². The maximum Gasteiger partial charge on any atom is 0.416 e. The SMILES string of the molecule is C=CNc1c(N)nc(N2CC[C@H](F)C2)nc1C(N)=Nc1cc(C(=O)Nc2cc(N(C)CCN(C)C)cc(C(F)(F)F)c2)ccc1C. The molecule has 1 aliphatic rings. The summed E-state index contributed by atoms with van der Waals surface area (Å²) >= 11 is 0. The van der Waals surface area contributed by atoms with Crippen molar-refractivity contribution in [3.8, 4) is 0 Å². The topological polar surface area (TPSA) is 141 Å². The lowest BCUT2D eigenvalue weighted by Crippen LogP contribution is -2.28. The molecule has 1 amide bonds. The monoisotopic (exact) mass is 642 g/mol. The quantitative estimate of drug-likeness (QED) is 0.132. The summed E-state index contributed by atoms with van der Waals surface area (Å²) in [5.41, 5.74) is 13.5. The number of nitrogens with zero attached hydrogens (tertiary/aromatic N) is 6. The molecule has 0 unspecified atom stereocenters. The van der Waals surface area contributed by atoms with Crippen molar-refractivity contribution in [2.24, 2.45) is 10.7 Å². The molecule has 11 nitrogen and oxygen atoms in total. The van der Waals surface area contributed by atoms with Gasteiger partial charge in [0.15, 0.2) is 11.7 Å². The fraction of sp³-hybridized carbons (Fsp3) is 0.355. The molecule has 0 aliphatic carbocycles. The zero-order valence-electron chi connectivity index (χ0n) is 26.1. The van der Waals surface area contributed by atoms with Crippen LogP contribution in [-0.4, -0.2) is 80.1 Å². The van der Waals surface area contributed by atoms with E-state index in [4.69, 9.17) is 11.5 Å². The zero-order chi connectivity index (χ0) is 33.8. The van der Waals surface area contributed by atoms with Crippen LogP contribution in [0.3, 0.4) is 0 Å². The van der Waals surface area contributed by atoms with Crippen molar-refractivity contribution in [3.05, 3.63) is 71.6 Å². The highest BCUT2D eigenvalue weighted by Gasteiger charge is 2.32.